The number of aliphatic carboxylic acids is 1. The second-order valence-corrected chi connectivity index (χ2v) is 5.67. The number of pyridine rings is 1. The Kier molecular flexibility index (Phi) is 7.57. The third-order valence-electron chi connectivity index (χ3n) is 3.62. The molecule has 0 bridgehead atoms. The molecular formula is C19H22N2O6. The largest absolute Gasteiger partial charge is 0.482 e. The molecule has 0 aliphatic rings. The van der Waals surface area contributed by atoms with Crippen LogP contribution in [0.2, 0.25) is 0 Å². The van der Waals surface area contributed by atoms with Crippen molar-refractivity contribution in [2.75, 3.05) is 26.9 Å². The second kappa shape index (κ2) is 10.1. The standard InChI is InChI=1S/C19H22N2O6/c1-13(14-3-5-16(6-4-14)27-12-18(22)23)21-19(24)15-7-8-20-17(11-15)26-10-9-25-2/h3-8,11,13H,9-10,12H2,1-2H3,(H,21,24)(H,22,23). The lowest BCUT2D eigenvalue weighted by molar-refractivity contribution is -0.139. The lowest BCUT2D eigenvalue weighted by Crippen LogP contribution is -2.26. The molecule has 0 aliphatic carbocycles. The van der Waals surface area contributed by atoms with E-state index in [1.54, 1.807) is 43.5 Å². The number of hydrogen-bond acceptors (Lipinski definition) is 6. The Morgan fingerprint density at radius 3 is 2.56 bits per heavy atom. The number of methoxy groups -OCH3 is 1. The van der Waals surface area contributed by atoms with Crippen molar-refractivity contribution in [2.24, 2.45) is 0 Å². The number of carbonyl (C=O) groups is 2. The van der Waals surface area contributed by atoms with Crippen molar-refractivity contribution in [3.8, 4) is 11.6 Å². The fourth-order valence-electron chi connectivity index (χ4n) is 2.22. The van der Waals surface area contributed by atoms with E-state index in [2.05, 4.69) is 10.3 Å². The van der Waals surface area contributed by atoms with Crippen LogP contribution < -0.4 is 14.8 Å². The van der Waals surface area contributed by atoms with Gasteiger partial charge >= 0.3 is 5.97 Å². The van der Waals surface area contributed by atoms with E-state index in [4.69, 9.17) is 19.3 Å². The molecule has 2 rings (SSSR count). The zero-order valence-corrected chi connectivity index (χ0v) is 15.2. The van der Waals surface area contributed by atoms with Gasteiger partial charge in [-0.2, -0.15) is 0 Å². The SMILES string of the molecule is COCCOc1cc(C(=O)NC(C)c2ccc(OCC(=O)O)cc2)ccn1. The highest BCUT2D eigenvalue weighted by atomic mass is 16.5. The van der Waals surface area contributed by atoms with E-state index in [1.807, 2.05) is 6.92 Å². The van der Waals surface area contributed by atoms with Crippen molar-refractivity contribution in [1.82, 2.24) is 10.3 Å². The van der Waals surface area contributed by atoms with E-state index < -0.39 is 12.6 Å². The van der Waals surface area contributed by atoms with Crippen molar-refractivity contribution in [3.63, 3.8) is 0 Å². The lowest BCUT2D eigenvalue weighted by Gasteiger charge is -2.15. The summed E-state index contributed by atoms with van der Waals surface area (Å²) >= 11 is 0. The predicted octanol–water partition coefficient (Wildman–Crippen LogP) is 2.06. The minimum absolute atomic E-state index is 0.253. The minimum Gasteiger partial charge on any atom is -0.482 e. The number of ether oxygens (including phenoxy) is 3. The fourth-order valence-corrected chi connectivity index (χ4v) is 2.22. The van der Waals surface area contributed by atoms with Gasteiger partial charge in [-0.3, -0.25) is 4.79 Å². The van der Waals surface area contributed by atoms with Gasteiger partial charge in [-0.25, -0.2) is 9.78 Å². The number of benzene rings is 1. The molecule has 1 heterocycles. The number of carboxylic acids is 1. The summed E-state index contributed by atoms with van der Waals surface area (Å²) in [6.07, 6.45) is 1.51. The number of rotatable bonds is 10. The Labute approximate surface area is 157 Å². The number of hydrogen-bond donors (Lipinski definition) is 2. The molecule has 2 N–H and O–H groups in total. The first-order valence-corrected chi connectivity index (χ1v) is 8.33. The Morgan fingerprint density at radius 2 is 1.89 bits per heavy atom. The molecule has 144 valence electrons. The summed E-state index contributed by atoms with van der Waals surface area (Å²) in [6.45, 7) is 2.23. The monoisotopic (exact) mass is 374 g/mol. The lowest BCUT2D eigenvalue weighted by atomic mass is 10.1. The van der Waals surface area contributed by atoms with Crippen LogP contribution in [0.4, 0.5) is 0 Å². The molecule has 8 nitrogen and oxygen atoms in total. The van der Waals surface area contributed by atoms with E-state index in [1.165, 1.54) is 6.20 Å². The number of nitrogens with zero attached hydrogens (tertiary/aromatic N) is 1. The maximum atomic E-state index is 12.4. The van der Waals surface area contributed by atoms with Gasteiger partial charge in [0.1, 0.15) is 12.4 Å². The summed E-state index contributed by atoms with van der Waals surface area (Å²) in [7, 11) is 1.58. The predicted molar refractivity (Wildman–Crippen MR) is 97.1 cm³/mol. The topological polar surface area (TPSA) is 107 Å². The zero-order chi connectivity index (χ0) is 19.6. The first kappa shape index (κ1) is 20.2. The summed E-state index contributed by atoms with van der Waals surface area (Å²) in [5.74, 6) is -0.491. The summed E-state index contributed by atoms with van der Waals surface area (Å²) in [4.78, 5) is 27.0. The molecule has 0 radical (unpaired) electrons. The van der Waals surface area contributed by atoms with Crippen molar-refractivity contribution < 1.29 is 28.9 Å². The van der Waals surface area contributed by atoms with Crippen molar-refractivity contribution >= 4 is 11.9 Å². The van der Waals surface area contributed by atoms with Crippen LogP contribution >= 0.6 is 0 Å². The fraction of sp³-hybridized carbons (Fsp3) is 0.316. The van der Waals surface area contributed by atoms with Crippen LogP contribution in [0.5, 0.6) is 11.6 Å². The van der Waals surface area contributed by atoms with Gasteiger partial charge in [-0.15, -0.1) is 0 Å². The zero-order valence-electron chi connectivity index (χ0n) is 15.2. The van der Waals surface area contributed by atoms with Crippen molar-refractivity contribution in [2.45, 2.75) is 13.0 Å². The maximum absolute atomic E-state index is 12.4. The Bertz CT molecular complexity index is 763. The number of aromatic nitrogens is 1. The molecule has 27 heavy (non-hydrogen) atoms. The number of amides is 1. The van der Waals surface area contributed by atoms with E-state index in [9.17, 15) is 9.59 Å². The molecule has 0 fully saturated rings. The molecule has 8 heteroatoms. The second-order valence-electron chi connectivity index (χ2n) is 5.67. The average Bonchev–Trinajstić information content (AvgIpc) is 2.67. The van der Waals surface area contributed by atoms with Gasteiger partial charge in [-0.1, -0.05) is 12.1 Å². The Balaban J connectivity index is 1.94. The molecule has 1 aromatic carbocycles. The molecule has 1 unspecified atom stereocenters. The van der Waals surface area contributed by atoms with Crippen molar-refractivity contribution in [3.05, 3.63) is 53.7 Å². The molecule has 0 aliphatic heterocycles. The van der Waals surface area contributed by atoms with Gasteiger partial charge in [0.05, 0.1) is 12.6 Å². The van der Waals surface area contributed by atoms with Crippen LogP contribution in [0, 0.1) is 0 Å². The summed E-state index contributed by atoms with van der Waals surface area (Å²) in [5.41, 5.74) is 1.29. The van der Waals surface area contributed by atoms with Crippen LogP contribution in [0.15, 0.2) is 42.6 Å². The highest BCUT2D eigenvalue weighted by Gasteiger charge is 2.13. The van der Waals surface area contributed by atoms with Crippen LogP contribution in [0.3, 0.4) is 0 Å². The number of carboxylic acid groups (broad SMARTS) is 1. The van der Waals surface area contributed by atoms with E-state index in [0.29, 0.717) is 30.4 Å². The van der Waals surface area contributed by atoms with Crippen molar-refractivity contribution in [1.29, 1.82) is 0 Å². The van der Waals surface area contributed by atoms with Gasteiger partial charge in [0, 0.05) is 24.9 Å². The molecule has 2 aromatic rings. The Morgan fingerprint density at radius 1 is 1.15 bits per heavy atom. The maximum Gasteiger partial charge on any atom is 0.341 e. The quantitative estimate of drug-likeness (QED) is 0.613. The van der Waals surface area contributed by atoms with Gasteiger partial charge in [0.25, 0.3) is 5.91 Å². The highest BCUT2D eigenvalue weighted by molar-refractivity contribution is 5.94. The third-order valence-corrected chi connectivity index (χ3v) is 3.62. The Hall–Kier alpha value is -3.13. The summed E-state index contributed by atoms with van der Waals surface area (Å²) in [5, 5.41) is 11.5. The molecule has 0 saturated heterocycles. The minimum atomic E-state index is -1.04. The first-order chi connectivity index (χ1) is 13.0. The highest BCUT2D eigenvalue weighted by Crippen LogP contribution is 2.18. The van der Waals surface area contributed by atoms with Crippen LogP contribution in [0.25, 0.3) is 0 Å². The number of nitrogens with one attached hydrogen (secondary N) is 1. The normalized spacial score (nSPS) is 11.5. The van der Waals surface area contributed by atoms with Crippen LogP contribution in [0.1, 0.15) is 28.9 Å². The van der Waals surface area contributed by atoms with Gasteiger partial charge < -0.3 is 24.6 Å². The molecule has 1 aromatic heterocycles. The van der Waals surface area contributed by atoms with Crippen LogP contribution in [-0.2, 0) is 9.53 Å². The molecular weight excluding hydrogens is 352 g/mol. The van der Waals surface area contributed by atoms with Gasteiger partial charge in [0.15, 0.2) is 6.61 Å². The van der Waals surface area contributed by atoms with E-state index in [0.717, 1.165) is 5.56 Å². The molecule has 0 saturated carbocycles. The number of carbonyl (C=O) groups excluding carboxylic acids is 1. The van der Waals surface area contributed by atoms with E-state index in [-0.39, 0.29) is 11.9 Å². The van der Waals surface area contributed by atoms with Crippen LogP contribution in [-0.4, -0.2) is 48.9 Å². The summed E-state index contributed by atoms with van der Waals surface area (Å²) in [6, 6.07) is 9.79. The average molecular weight is 374 g/mol. The van der Waals surface area contributed by atoms with Gasteiger partial charge in [0.2, 0.25) is 5.88 Å². The molecule has 1 amide bonds. The van der Waals surface area contributed by atoms with Gasteiger partial charge in [-0.05, 0) is 30.7 Å². The molecule has 1 atom stereocenters. The smallest absolute Gasteiger partial charge is 0.341 e. The molecule has 0 spiro atoms. The third kappa shape index (κ3) is 6.59. The first-order valence-electron chi connectivity index (χ1n) is 8.33. The van der Waals surface area contributed by atoms with E-state index >= 15 is 0 Å². The summed E-state index contributed by atoms with van der Waals surface area (Å²) < 4.78 is 15.4.